The third-order valence-corrected chi connectivity index (χ3v) is 6.84. The number of aromatic amines is 1. The van der Waals surface area contributed by atoms with Crippen LogP contribution in [0.3, 0.4) is 0 Å². The van der Waals surface area contributed by atoms with Crippen molar-refractivity contribution < 1.29 is 4.39 Å². The van der Waals surface area contributed by atoms with E-state index in [1.54, 1.807) is 23.5 Å². The number of rotatable bonds is 2. The summed E-state index contributed by atoms with van der Waals surface area (Å²) in [6.07, 6.45) is 3.08. The predicted octanol–water partition coefficient (Wildman–Crippen LogP) is 5.72. The van der Waals surface area contributed by atoms with Crippen molar-refractivity contribution in [3.05, 3.63) is 91.5 Å². The van der Waals surface area contributed by atoms with Gasteiger partial charge in [-0.05, 0) is 60.8 Å². The Morgan fingerprint density at radius 2 is 1.96 bits per heavy atom. The highest BCUT2D eigenvalue weighted by atomic mass is 32.1. The molecule has 1 aliphatic carbocycles. The molecule has 0 saturated carbocycles. The van der Waals surface area contributed by atoms with E-state index in [0.717, 1.165) is 29.7 Å². The first kappa shape index (κ1) is 17.5. The van der Waals surface area contributed by atoms with Crippen molar-refractivity contribution in [1.29, 1.82) is 0 Å². The number of hydrogen-bond acceptors (Lipinski definition) is 3. The number of halogens is 1. The van der Waals surface area contributed by atoms with E-state index in [0.29, 0.717) is 11.1 Å². The molecule has 0 fully saturated rings. The Labute approximate surface area is 170 Å². The first-order valence-electron chi connectivity index (χ1n) is 9.25. The Balaban J connectivity index is 1.82. The van der Waals surface area contributed by atoms with E-state index >= 15 is 0 Å². The zero-order valence-corrected chi connectivity index (χ0v) is 16.6. The Morgan fingerprint density at radius 3 is 2.75 bits per heavy atom. The van der Waals surface area contributed by atoms with E-state index < -0.39 is 5.82 Å². The molecule has 0 radical (unpaired) electrons. The second-order valence-corrected chi connectivity index (χ2v) is 8.54. The average molecular weight is 409 g/mol. The SMILES string of the molecule is O=c1c2c3c(sc2[nH]c(=S)n1-c1cccc(F)c1)CCCC3c1ccccc1. The fraction of sp³-hybridized carbons (Fsp3) is 0.182. The normalized spacial score (nSPS) is 16.2. The molecule has 1 atom stereocenters. The molecule has 1 N–H and O–H groups in total. The minimum atomic E-state index is -0.395. The van der Waals surface area contributed by atoms with Gasteiger partial charge in [-0.1, -0.05) is 36.4 Å². The van der Waals surface area contributed by atoms with Crippen LogP contribution in [0, 0.1) is 10.6 Å². The van der Waals surface area contributed by atoms with Crippen molar-refractivity contribution in [3.63, 3.8) is 0 Å². The van der Waals surface area contributed by atoms with Gasteiger partial charge in [-0.2, -0.15) is 0 Å². The lowest BCUT2D eigenvalue weighted by molar-refractivity contribution is 0.625. The lowest BCUT2D eigenvalue weighted by atomic mass is 9.81. The molecule has 140 valence electrons. The van der Waals surface area contributed by atoms with E-state index in [9.17, 15) is 9.18 Å². The maximum absolute atomic E-state index is 13.8. The molecular weight excluding hydrogens is 391 g/mol. The molecule has 5 rings (SSSR count). The predicted molar refractivity (Wildman–Crippen MR) is 114 cm³/mol. The number of H-pyrrole nitrogens is 1. The molecule has 2 heterocycles. The topological polar surface area (TPSA) is 37.8 Å². The van der Waals surface area contributed by atoms with Gasteiger partial charge in [0.15, 0.2) is 4.77 Å². The van der Waals surface area contributed by atoms with Crippen molar-refractivity contribution in [2.75, 3.05) is 0 Å². The number of hydrogen-bond donors (Lipinski definition) is 1. The van der Waals surface area contributed by atoms with Crippen LogP contribution in [0.15, 0.2) is 59.4 Å². The highest BCUT2D eigenvalue weighted by molar-refractivity contribution is 7.71. The molecule has 0 spiro atoms. The summed E-state index contributed by atoms with van der Waals surface area (Å²) >= 11 is 7.07. The number of nitrogens with zero attached hydrogens (tertiary/aromatic N) is 1. The Bertz CT molecular complexity index is 1300. The molecule has 4 aromatic rings. The van der Waals surface area contributed by atoms with Gasteiger partial charge in [-0.25, -0.2) is 4.39 Å². The summed E-state index contributed by atoms with van der Waals surface area (Å²) in [7, 11) is 0. The fourth-order valence-corrected chi connectivity index (χ4v) is 5.83. The van der Waals surface area contributed by atoms with Crippen LogP contribution >= 0.6 is 23.6 Å². The molecule has 1 aliphatic rings. The maximum atomic E-state index is 13.8. The fourth-order valence-electron chi connectivity index (χ4n) is 4.18. The summed E-state index contributed by atoms with van der Waals surface area (Å²) in [4.78, 5) is 18.8. The summed E-state index contributed by atoms with van der Waals surface area (Å²) in [5.74, 6) is -0.204. The summed E-state index contributed by atoms with van der Waals surface area (Å²) in [5, 5.41) is 0.686. The van der Waals surface area contributed by atoms with Crippen LogP contribution in [0.1, 0.15) is 34.8 Å². The molecule has 28 heavy (non-hydrogen) atoms. The highest BCUT2D eigenvalue weighted by Gasteiger charge is 2.28. The summed E-state index contributed by atoms with van der Waals surface area (Å²) in [5.41, 5.74) is 2.60. The lowest BCUT2D eigenvalue weighted by Gasteiger charge is -2.23. The molecule has 0 bridgehead atoms. The van der Waals surface area contributed by atoms with E-state index in [2.05, 4.69) is 17.1 Å². The van der Waals surface area contributed by atoms with Gasteiger partial charge in [0.05, 0.1) is 11.1 Å². The number of nitrogens with one attached hydrogen (secondary N) is 1. The molecule has 2 aromatic carbocycles. The summed E-state index contributed by atoms with van der Waals surface area (Å²) in [6.45, 7) is 0. The molecule has 0 saturated heterocycles. The minimum absolute atomic E-state index is 0.176. The molecule has 3 nitrogen and oxygen atoms in total. The molecular formula is C22H17FN2OS2. The van der Waals surface area contributed by atoms with Crippen molar-refractivity contribution >= 4 is 33.8 Å². The van der Waals surface area contributed by atoms with Crippen molar-refractivity contribution in [3.8, 4) is 5.69 Å². The van der Waals surface area contributed by atoms with Crippen LogP contribution in [-0.2, 0) is 6.42 Å². The first-order valence-corrected chi connectivity index (χ1v) is 10.5. The molecule has 0 amide bonds. The van der Waals surface area contributed by atoms with Gasteiger partial charge in [-0.15, -0.1) is 11.3 Å². The molecule has 1 unspecified atom stereocenters. The van der Waals surface area contributed by atoms with Crippen LogP contribution in [0.4, 0.5) is 4.39 Å². The molecule has 0 aliphatic heterocycles. The van der Waals surface area contributed by atoms with E-state index in [1.807, 2.05) is 18.2 Å². The highest BCUT2D eigenvalue weighted by Crippen LogP contribution is 2.43. The molecule has 6 heteroatoms. The van der Waals surface area contributed by atoms with Crippen LogP contribution in [0.5, 0.6) is 0 Å². The van der Waals surface area contributed by atoms with Crippen LogP contribution < -0.4 is 5.56 Å². The smallest absolute Gasteiger partial charge is 0.267 e. The third-order valence-electron chi connectivity index (χ3n) is 5.38. The standard InChI is InChI=1S/C22H17FN2OS2/c23-14-8-4-9-15(12-14)25-21(26)19-18-16(13-6-2-1-3-7-13)10-5-11-17(18)28-20(19)24-22(25)27/h1-4,6-9,12,16H,5,10-11H2,(H,24,27). The largest absolute Gasteiger partial charge is 0.323 e. The Kier molecular flexibility index (Phi) is 4.25. The average Bonchev–Trinajstić information content (AvgIpc) is 3.07. The monoisotopic (exact) mass is 408 g/mol. The van der Waals surface area contributed by atoms with Gasteiger partial charge in [0.2, 0.25) is 0 Å². The Hall–Kier alpha value is -2.57. The van der Waals surface area contributed by atoms with Gasteiger partial charge in [0.25, 0.3) is 5.56 Å². The Morgan fingerprint density at radius 1 is 1.14 bits per heavy atom. The summed E-state index contributed by atoms with van der Waals surface area (Å²) < 4.78 is 15.5. The first-order chi connectivity index (χ1) is 13.6. The van der Waals surface area contributed by atoms with Crippen LogP contribution in [0.25, 0.3) is 15.9 Å². The van der Waals surface area contributed by atoms with Crippen molar-refractivity contribution in [2.24, 2.45) is 0 Å². The van der Waals surface area contributed by atoms with Crippen molar-refractivity contribution in [2.45, 2.75) is 25.2 Å². The van der Waals surface area contributed by atoms with E-state index in [1.165, 1.54) is 27.1 Å². The number of aromatic nitrogens is 2. The second-order valence-electron chi connectivity index (χ2n) is 7.05. The van der Waals surface area contributed by atoms with Gasteiger partial charge < -0.3 is 4.98 Å². The van der Waals surface area contributed by atoms with Gasteiger partial charge in [0, 0.05) is 10.8 Å². The lowest BCUT2D eigenvalue weighted by Crippen LogP contribution is -2.22. The zero-order chi connectivity index (χ0) is 19.3. The van der Waals surface area contributed by atoms with Crippen molar-refractivity contribution in [1.82, 2.24) is 9.55 Å². The number of fused-ring (bicyclic) bond motifs is 3. The molecule has 2 aromatic heterocycles. The third kappa shape index (κ3) is 2.75. The van der Waals surface area contributed by atoms with Gasteiger partial charge in [-0.3, -0.25) is 9.36 Å². The van der Waals surface area contributed by atoms with Crippen LogP contribution in [-0.4, -0.2) is 9.55 Å². The van der Waals surface area contributed by atoms with E-state index in [4.69, 9.17) is 12.2 Å². The second kappa shape index (κ2) is 6.79. The quantitative estimate of drug-likeness (QED) is 0.431. The summed E-state index contributed by atoms with van der Waals surface area (Å²) in [6, 6.07) is 16.3. The van der Waals surface area contributed by atoms with Crippen LogP contribution in [0.2, 0.25) is 0 Å². The minimum Gasteiger partial charge on any atom is -0.323 e. The van der Waals surface area contributed by atoms with Gasteiger partial charge >= 0.3 is 0 Å². The number of thiophene rings is 1. The van der Waals surface area contributed by atoms with E-state index in [-0.39, 0.29) is 16.2 Å². The number of benzene rings is 2. The maximum Gasteiger partial charge on any atom is 0.267 e. The number of aryl methyl sites for hydroxylation is 1. The van der Waals surface area contributed by atoms with Gasteiger partial charge in [0.1, 0.15) is 10.6 Å². The zero-order valence-electron chi connectivity index (χ0n) is 14.9.